The number of halogens is 1. The lowest BCUT2D eigenvalue weighted by molar-refractivity contribution is 0.619. The van der Waals surface area contributed by atoms with E-state index in [4.69, 9.17) is 0 Å². The molecule has 0 aliphatic rings. The van der Waals surface area contributed by atoms with E-state index in [-0.39, 0.29) is 5.82 Å². The molecule has 0 saturated carbocycles. The summed E-state index contributed by atoms with van der Waals surface area (Å²) < 4.78 is 12.9. The molecule has 0 saturated heterocycles. The molecule has 0 amide bonds. The lowest BCUT2D eigenvalue weighted by atomic mass is 10.2. The number of hydrogen-bond acceptors (Lipinski definition) is 2. The van der Waals surface area contributed by atoms with Gasteiger partial charge < -0.3 is 5.32 Å². The van der Waals surface area contributed by atoms with E-state index in [0.29, 0.717) is 13.1 Å². The maximum Gasteiger partial charge on any atom is 0.123 e. The second-order valence-corrected chi connectivity index (χ2v) is 4.00. The molecule has 0 aliphatic carbocycles. The SMILES string of the molecule is Cc1cccc(CNCc2cccc(F)c2)n1. The molecular weight excluding hydrogens is 215 g/mol. The fourth-order valence-corrected chi connectivity index (χ4v) is 1.68. The Morgan fingerprint density at radius 1 is 1.12 bits per heavy atom. The highest BCUT2D eigenvalue weighted by Gasteiger charge is 1.97. The van der Waals surface area contributed by atoms with Crippen molar-refractivity contribution in [3.8, 4) is 0 Å². The number of hydrogen-bond donors (Lipinski definition) is 1. The molecule has 2 nitrogen and oxygen atoms in total. The Morgan fingerprint density at radius 3 is 2.71 bits per heavy atom. The summed E-state index contributed by atoms with van der Waals surface area (Å²) in [7, 11) is 0. The molecule has 1 N–H and O–H groups in total. The van der Waals surface area contributed by atoms with Crippen LogP contribution >= 0.6 is 0 Å². The molecule has 1 aromatic carbocycles. The minimum absolute atomic E-state index is 0.196. The Labute approximate surface area is 101 Å². The number of benzene rings is 1. The first kappa shape index (κ1) is 11.7. The van der Waals surface area contributed by atoms with Crippen LogP contribution in [0, 0.1) is 12.7 Å². The lowest BCUT2D eigenvalue weighted by Gasteiger charge is -2.05. The Morgan fingerprint density at radius 2 is 1.94 bits per heavy atom. The summed E-state index contributed by atoms with van der Waals surface area (Å²) in [4.78, 5) is 4.39. The zero-order valence-corrected chi connectivity index (χ0v) is 9.78. The van der Waals surface area contributed by atoms with Crippen LogP contribution in [0.25, 0.3) is 0 Å². The fraction of sp³-hybridized carbons (Fsp3) is 0.214. The molecule has 17 heavy (non-hydrogen) atoms. The maximum absolute atomic E-state index is 12.9. The minimum atomic E-state index is -0.196. The second kappa shape index (κ2) is 5.55. The van der Waals surface area contributed by atoms with E-state index >= 15 is 0 Å². The molecule has 1 aromatic heterocycles. The number of rotatable bonds is 4. The topological polar surface area (TPSA) is 24.9 Å². The first-order chi connectivity index (χ1) is 8.24. The van der Waals surface area contributed by atoms with Gasteiger partial charge in [0.25, 0.3) is 0 Å². The van der Waals surface area contributed by atoms with E-state index in [1.807, 2.05) is 31.2 Å². The van der Waals surface area contributed by atoms with E-state index in [1.165, 1.54) is 12.1 Å². The molecule has 1 heterocycles. The van der Waals surface area contributed by atoms with Gasteiger partial charge in [0, 0.05) is 18.8 Å². The van der Waals surface area contributed by atoms with Crippen molar-refractivity contribution in [2.24, 2.45) is 0 Å². The van der Waals surface area contributed by atoms with Crippen molar-refractivity contribution < 1.29 is 4.39 Å². The molecule has 0 fully saturated rings. The van der Waals surface area contributed by atoms with Crippen LogP contribution in [-0.2, 0) is 13.1 Å². The molecule has 2 rings (SSSR count). The van der Waals surface area contributed by atoms with E-state index in [9.17, 15) is 4.39 Å². The summed E-state index contributed by atoms with van der Waals surface area (Å²) >= 11 is 0. The zero-order chi connectivity index (χ0) is 12.1. The Hall–Kier alpha value is -1.74. The monoisotopic (exact) mass is 230 g/mol. The van der Waals surface area contributed by atoms with Gasteiger partial charge in [-0.2, -0.15) is 0 Å². The molecule has 0 bridgehead atoms. The van der Waals surface area contributed by atoms with Crippen molar-refractivity contribution in [2.45, 2.75) is 20.0 Å². The van der Waals surface area contributed by atoms with E-state index in [0.717, 1.165) is 17.0 Å². The standard InChI is InChI=1S/C14H15FN2/c1-11-4-2-7-14(17-11)10-16-9-12-5-3-6-13(15)8-12/h2-8,16H,9-10H2,1H3. The van der Waals surface area contributed by atoms with Crippen molar-refractivity contribution in [1.82, 2.24) is 10.3 Å². The van der Waals surface area contributed by atoms with Crippen LogP contribution in [0.4, 0.5) is 4.39 Å². The summed E-state index contributed by atoms with van der Waals surface area (Å²) in [6.45, 7) is 3.31. The van der Waals surface area contributed by atoms with E-state index in [2.05, 4.69) is 10.3 Å². The number of nitrogens with zero attached hydrogens (tertiary/aromatic N) is 1. The molecule has 88 valence electrons. The van der Waals surface area contributed by atoms with Crippen molar-refractivity contribution in [3.63, 3.8) is 0 Å². The van der Waals surface area contributed by atoms with Crippen LogP contribution in [0.2, 0.25) is 0 Å². The predicted molar refractivity (Wildman–Crippen MR) is 65.9 cm³/mol. The number of aryl methyl sites for hydroxylation is 1. The second-order valence-electron chi connectivity index (χ2n) is 4.00. The van der Waals surface area contributed by atoms with E-state index in [1.54, 1.807) is 6.07 Å². The van der Waals surface area contributed by atoms with Gasteiger partial charge in [0.1, 0.15) is 5.82 Å². The average Bonchev–Trinajstić information content (AvgIpc) is 2.29. The highest BCUT2D eigenvalue weighted by molar-refractivity contribution is 5.16. The van der Waals surface area contributed by atoms with Crippen LogP contribution in [0.3, 0.4) is 0 Å². The van der Waals surface area contributed by atoms with Crippen LogP contribution in [0.1, 0.15) is 17.0 Å². The fourth-order valence-electron chi connectivity index (χ4n) is 1.68. The normalized spacial score (nSPS) is 10.5. The van der Waals surface area contributed by atoms with Gasteiger partial charge in [0.05, 0.1) is 5.69 Å². The molecule has 0 unspecified atom stereocenters. The van der Waals surface area contributed by atoms with Crippen LogP contribution in [-0.4, -0.2) is 4.98 Å². The third-order valence-corrected chi connectivity index (χ3v) is 2.47. The van der Waals surface area contributed by atoms with Gasteiger partial charge in [-0.1, -0.05) is 18.2 Å². The average molecular weight is 230 g/mol. The molecule has 0 atom stereocenters. The van der Waals surface area contributed by atoms with Crippen molar-refractivity contribution in [1.29, 1.82) is 0 Å². The maximum atomic E-state index is 12.9. The number of aromatic nitrogens is 1. The Balaban J connectivity index is 1.87. The lowest BCUT2D eigenvalue weighted by Crippen LogP contribution is -2.13. The molecular formula is C14H15FN2. The molecule has 0 spiro atoms. The van der Waals surface area contributed by atoms with Crippen molar-refractivity contribution >= 4 is 0 Å². The summed E-state index contributed by atoms with van der Waals surface area (Å²) in [6.07, 6.45) is 0. The molecule has 2 aromatic rings. The van der Waals surface area contributed by atoms with Gasteiger partial charge in [0.2, 0.25) is 0 Å². The van der Waals surface area contributed by atoms with Gasteiger partial charge in [-0.3, -0.25) is 4.98 Å². The predicted octanol–water partition coefficient (Wildman–Crippen LogP) is 2.82. The van der Waals surface area contributed by atoms with Gasteiger partial charge >= 0.3 is 0 Å². The quantitative estimate of drug-likeness (QED) is 0.873. The zero-order valence-electron chi connectivity index (χ0n) is 9.78. The third kappa shape index (κ3) is 3.64. The van der Waals surface area contributed by atoms with Crippen LogP contribution in [0.5, 0.6) is 0 Å². The Kier molecular flexibility index (Phi) is 3.83. The number of nitrogens with one attached hydrogen (secondary N) is 1. The van der Waals surface area contributed by atoms with Gasteiger partial charge in [-0.25, -0.2) is 4.39 Å². The van der Waals surface area contributed by atoms with Crippen LogP contribution < -0.4 is 5.32 Å². The third-order valence-electron chi connectivity index (χ3n) is 2.47. The molecule has 0 aliphatic heterocycles. The van der Waals surface area contributed by atoms with Crippen LogP contribution in [0.15, 0.2) is 42.5 Å². The van der Waals surface area contributed by atoms with Gasteiger partial charge in [-0.05, 0) is 36.8 Å². The Bertz CT molecular complexity index is 452. The number of pyridine rings is 1. The smallest absolute Gasteiger partial charge is 0.123 e. The highest BCUT2D eigenvalue weighted by Crippen LogP contribution is 2.03. The summed E-state index contributed by atoms with van der Waals surface area (Å²) in [5, 5.41) is 3.24. The summed E-state index contributed by atoms with van der Waals surface area (Å²) in [5.41, 5.74) is 2.95. The molecule has 3 heteroatoms. The molecule has 0 radical (unpaired) electrons. The first-order valence-corrected chi connectivity index (χ1v) is 5.62. The largest absolute Gasteiger partial charge is 0.307 e. The highest BCUT2D eigenvalue weighted by atomic mass is 19.1. The first-order valence-electron chi connectivity index (χ1n) is 5.62. The minimum Gasteiger partial charge on any atom is -0.307 e. The summed E-state index contributed by atoms with van der Waals surface area (Å²) in [5.74, 6) is -0.196. The van der Waals surface area contributed by atoms with Gasteiger partial charge in [0.15, 0.2) is 0 Å². The summed E-state index contributed by atoms with van der Waals surface area (Å²) in [6, 6.07) is 12.5. The van der Waals surface area contributed by atoms with Crippen molar-refractivity contribution in [2.75, 3.05) is 0 Å². The van der Waals surface area contributed by atoms with Gasteiger partial charge in [-0.15, -0.1) is 0 Å². The van der Waals surface area contributed by atoms with Crippen molar-refractivity contribution in [3.05, 3.63) is 65.2 Å². The van der Waals surface area contributed by atoms with E-state index < -0.39 is 0 Å².